The number of rotatable bonds is 2. The van der Waals surface area contributed by atoms with Gasteiger partial charge in [-0.3, -0.25) is 0 Å². The number of benzene rings is 1. The summed E-state index contributed by atoms with van der Waals surface area (Å²) in [6.45, 7) is 4.44. The molecule has 18 heavy (non-hydrogen) atoms. The van der Waals surface area contributed by atoms with Gasteiger partial charge >= 0.3 is 0 Å². The Morgan fingerprint density at radius 2 is 2.11 bits per heavy atom. The summed E-state index contributed by atoms with van der Waals surface area (Å²) in [5.74, 6) is -0.249. The molecule has 1 heterocycles. The van der Waals surface area contributed by atoms with Crippen molar-refractivity contribution >= 4 is 0 Å². The van der Waals surface area contributed by atoms with Crippen LogP contribution in [0.15, 0.2) is 18.2 Å². The zero-order valence-electron chi connectivity index (χ0n) is 11.2. The zero-order valence-corrected chi connectivity index (χ0v) is 11.2. The van der Waals surface area contributed by atoms with Gasteiger partial charge in [-0.1, -0.05) is 25.0 Å². The molecule has 2 atom stereocenters. The summed E-state index contributed by atoms with van der Waals surface area (Å²) in [6.07, 6.45) is 4.39. The van der Waals surface area contributed by atoms with Crippen molar-refractivity contribution in [2.24, 2.45) is 0 Å². The molecule has 1 aliphatic rings. The molecule has 3 heteroatoms. The first-order valence-electron chi connectivity index (χ1n) is 6.74. The first-order chi connectivity index (χ1) is 8.51. The number of hydrogen-bond donors (Lipinski definition) is 2. The number of nitrogens with one attached hydrogen (secondary N) is 1. The lowest BCUT2D eigenvalue weighted by Gasteiger charge is -2.33. The molecule has 1 fully saturated rings. The Balaban J connectivity index is 2.24. The normalized spacial score (nSPS) is 24.3. The maximum absolute atomic E-state index is 13.6. The molecule has 100 valence electrons. The lowest BCUT2D eigenvalue weighted by molar-refractivity contribution is 0.0133. The molecule has 0 spiro atoms. The molecule has 1 aliphatic heterocycles. The van der Waals surface area contributed by atoms with Crippen molar-refractivity contribution in [2.45, 2.75) is 51.2 Å². The molecule has 0 bridgehead atoms. The van der Waals surface area contributed by atoms with E-state index < -0.39 is 5.60 Å². The van der Waals surface area contributed by atoms with E-state index in [1.54, 1.807) is 19.9 Å². The van der Waals surface area contributed by atoms with Gasteiger partial charge in [0.1, 0.15) is 11.4 Å². The van der Waals surface area contributed by atoms with Crippen LogP contribution >= 0.6 is 0 Å². The van der Waals surface area contributed by atoms with Crippen LogP contribution in [0.3, 0.4) is 0 Å². The van der Waals surface area contributed by atoms with E-state index in [0.29, 0.717) is 11.1 Å². The molecule has 0 saturated carbocycles. The van der Waals surface area contributed by atoms with Crippen LogP contribution in [0.4, 0.5) is 4.39 Å². The first-order valence-corrected chi connectivity index (χ1v) is 6.74. The van der Waals surface area contributed by atoms with E-state index in [0.717, 1.165) is 25.8 Å². The molecule has 0 amide bonds. The Labute approximate surface area is 108 Å². The van der Waals surface area contributed by atoms with Gasteiger partial charge in [-0.05, 0) is 50.4 Å². The van der Waals surface area contributed by atoms with E-state index in [2.05, 4.69) is 5.32 Å². The Kier molecular flexibility index (Phi) is 4.03. The molecule has 1 aromatic carbocycles. The van der Waals surface area contributed by atoms with Crippen molar-refractivity contribution in [1.82, 2.24) is 5.32 Å². The standard InChI is InChI=1S/C15H22FNO/c1-11-7-8-12(10-13(11)16)15(2,18)14-6-4-3-5-9-17-14/h7-8,10,14,17-18H,3-6,9H2,1-2H3. The monoisotopic (exact) mass is 251 g/mol. The van der Waals surface area contributed by atoms with Crippen molar-refractivity contribution < 1.29 is 9.50 Å². The van der Waals surface area contributed by atoms with Crippen LogP contribution in [0.1, 0.15) is 43.7 Å². The zero-order chi connectivity index (χ0) is 13.2. The fourth-order valence-electron chi connectivity index (χ4n) is 2.62. The van der Waals surface area contributed by atoms with Gasteiger partial charge in [0, 0.05) is 6.04 Å². The Morgan fingerprint density at radius 1 is 1.33 bits per heavy atom. The summed E-state index contributed by atoms with van der Waals surface area (Å²) in [5, 5.41) is 14.1. The molecule has 0 aromatic heterocycles. The maximum Gasteiger partial charge on any atom is 0.126 e. The Hall–Kier alpha value is -0.930. The SMILES string of the molecule is Cc1ccc(C(C)(O)C2CCCCCN2)cc1F. The van der Waals surface area contributed by atoms with E-state index in [4.69, 9.17) is 0 Å². The van der Waals surface area contributed by atoms with Crippen molar-refractivity contribution in [2.75, 3.05) is 6.54 Å². The summed E-state index contributed by atoms with van der Waals surface area (Å²) >= 11 is 0. The number of aliphatic hydroxyl groups is 1. The maximum atomic E-state index is 13.6. The van der Waals surface area contributed by atoms with Crippen LogP contribution in [0.25, 0.3) is 0 Å². The number of aryl methyl sites for hydroxylation is 1. The van der Waals surface area contributed by atoms with Crippen LogP contribution in [-0.4, -0.2) is 17.7 Å². The summed E-state index contributed by atoms with van der Waals surface area (Å²) < 4.78 is 13.6. The van der Waals surface area contributed by atoms with Gasteiger partial charge < -0.3 is 10.4 Å². The number of halogens is 1. The Morgan fingerprint density at radius 3 is 2.83 bits per heavy atom. The second-order valence-corrected chi connectivity index (χ2v) is 5.47. The highest BCUT2D eigenvalue weighted by molar-refractivity contribution is 5.29. The third kappa shape index (κ3) is 2.73. The second kappa shape index (κ2) is 5.37. The predicted octanol–water partition coefficient (Wildman–Crippen LogP) is 2.87. The van der Waals surface area contributed by atoms with Crippen LogP contribution in [-0.2, 0) is 5.60 Å². The summed E-state index contributed by atoms with van der Waals surface area (Å²) in [6, 6.07) is 5.02. The van der Waals surface area contributed by atoms with Crippen molar-refractivity contribution in [3.63, 3.8) is 0 Å². The van der Waals surface area contributed by atoms with Crippen molar-refractivity contribution in [3.05, 3.63) is 35.1 Å². The fraction of sp³-hybridized carbons (Fsp3) is 0.600. The fourth-order valence-corrected chi connectivity index (χ4v) is 2.62. The minimum atomic E-state index is -1.01. The number of hydrogen-bond acceptors (Lipinski definition) is 2. The molecule has 2 N–H and O–H groups in total. The molecule has 1 saturated heterocycles. The minimum Gasteiger partial charge on any atom is -0.384 e. The van der Waals surface area contributed by atoms with E-state index >= 15 is 0 Å². The van der Waals surface area contributed by atoms with Gasteiger partial charge in [0.05, 0.1) is 0 Å². The van der Waals surface area contributed by atoms with Gasteiger partial charge in [-0.2, -0.15) is 0 Å². The van der Waals surface area contributed by atoms with Crippen LogP contribution in [0, 0.1) is 12.7 Å². The van der Waals surface area contributed by atoms with Gasteiger partial charge in [0.2, 0.25) is 0 Å². The van der Waals surface area contributed by atoms with Crippen LogP contribution in [0.2, 0.25) is 0 Å². The Bertz CT molecular complexity index is 409. The average Bonchev–Trinajstić information content (AvgIpc) is 2.61. The van der Waals surface area contributed by atoms with E-state index in [1.165, 1.54) is 12.5 Å². The van der Waals surface area contributed by atoms with Crippen molar-refractivity contribution in [1.29, 1.82) is 0 Å². The van der Waals surface area contributed by atoms with Gasteiger partial charge in [0.15, 0.2) is 0 Å². The van der Waals surface area contributed by atoms with E-state index in [9.17, 15) is 9.50 Å². The molecular weight excluding hydrogens is 229 g/mol. The largest absolute Gasteiger partial charge is 0.384 e. The van der Waals surface area contributed by atoms with Crippen LogP contribution in [0.5, 0.6) is 0 Å². The third-order valence-corrected chi connectivity index (χ3v) is 4.00. The summed E-state index contributed by atoms with van der Waals surface area (Å²) in [4.78, 5) is 0. The highest BCUT2D eigenvalue weighted by Crippen LogP contribution is 2.29. The summed E-state index contributed by atoms with van der Waals surface area (Å²) in [5.41, 5.74) is 0.257. The highest BCUT2D eigenvalue weighted by Gasteiger charge is 2.34. The van der Waals surface area contributed by atoms with Crippen LogP contribution < -0.4 is 5.32 Å². The minimum absolute atomic E-state index is 0.00195. The summed E-state index contributed by atoms with van der Waals surface area (Å²) in [7, 11) is 0. The smallest absolute Gasteiger partial charge is 0.126 e. The molecule has 1 aromatic rings. The van der Waals surface area contributed by atoms with Crippen molar-refractivity contribution in [3.8, 4) is 0 Å². The van der Waals surface area contributed by atoms with Gasteiger partial charge in [-0.25, -0.2) is 4.39 Å². The topological polar surface area (TPSA) is 32.3 Å². The lowest BCUT2D eigenvalue weighted by atomic mass is 9.85. The average molecular weight is 251 g/mol. The van der Waals surface area contributed by atoms with E-state index in [1.807, 2.05) is 6.07 Å². The molecule has 2 nitrogen and oxygen atoms in total. The molecule has 0 aliphatic carbocycles. The predicted molar refractivity (Wildman–Crippen MR) is 71.0 cm³/mol. The second-order valence-electron chi connectivity index (χ2n) is 5.47. The van der Waals surface area contributed by atoms with E-state index in [-0.39, 0.29) is 11.9 Å². The lowest BCUT2D eigenvalue weighted by Crippen LogP contribution is -2.46. The molecule has 2 rings (SSSR count). The third-order valence-electron chi connectivity index (χ3n) is 4.00. The van der Waals surface area contributed by atoms with Gasteiger partial charge in [0.25, 0.3) is 0 Å². The molecule has 0 radical (unpaired) electrons. The highest BCUT2D eigenvalue weighted by atomic mass is 19.1. The molecule has 2 unspecified atom stereocenters. The first kappa shape index (κ1) is 13.5. The molecular formula is C15H22FNO. The van der Waals surface area contributed by atoms with Gasteiger partial charge in [-0.15, -0.1) is 0 Å². The quantitative estimate of drug-likeness (QED) is 0.847.